The van der Waals surface area contributed by atoms with Gasteiger partial charge in [-0.2, -0.15) is 34.0 Å². The van der Waals surface area contributed by atoms with Crippen molar-refractivity contribution in [2.24, 2.45) is 0 Å². The van der Waals surface area contributed by atoms with E-state index >= 15 is 0 Å². The molecule has 0 atom stereocenters. The monoisotopic (exact) mass is 522 g/mol. The van der Waals surface area contributed by atoms with Crippen LogP contribution in [0.4, 0.5) is 0 Å². The molecule has 0 unspecified atom stereocenters. The second-order valence-corrected chi connectivity index (χ2v) is 10.6. The molecule has 3 nitrogen and oxygen atoms in total. The smallest absolute Gasteiger partial charge is 0.135 e. The Kier molecular flexibility index (Phi) is 5.35. The van der Waals surface area contributed by atoms with Crippen LogP contribution in [0.3, 0.4) is 0 Å². The highest BCUT2D eigenvalue weighted by Crippen LogP contribution is 2.44. The SMILES string of the molecule is c1coc(-c2cscc2-c2cc(-c3cscc3-c3ccco3)cc(-c3cscc3-c3ccco3)c2)c1. The Labute approximate surface area is 219 Å². The molecule has 174 valence electrons. The lowest BCUT2D eigenvalue weighted by Crippen LogP contribution is -1.87. The maximum Gasteiger partial charge on any atom is 0.135 e. The molecular formula is C30H18O3S3. The van der Waals surface area contributed by atoms with E-state index in [1.54, 1.807) is 52.8 Å². The maximum absolute atomic E-state index is 5.77. The molecule has 6 heterocycles. The number of hydrogen-bond donors (Lipinski definition) is 0. The molecule has 0 amide bonds. The van der Waals surface area contributed by atoms with Crippen LogP contribution in [0.5, 0.6) is 0 Å². The molecule has 6 aromatic heterocycles. The summed E-state index contributed by atoms with van der Waals surface area (Å²) in [6, 6.07) is 18.6. The molecule has 0 aliphatic carbocycles. The van der Waals surface area contributed by atoms with E-state index in [1.165, 1.54) is 0 Å². The number of hydrogen-bond acceptors (Lipinski definition) is 6. The first-order valence-electron chi connectivity index (χ1n) is 11.3. The van der Waals surface area contributed by atoms with Crippen LogP contribution in [0.1, 0.15) is 0 Å². The Morgan fingerprint density at radius 2 is 0.694 bits per heavy atom. The summed E-state index contributed by atoms with van der Waals surface area (Å²) in [4.78, 5) is 0. The van der Waals surface area contributed by atoms with Crippen molar-refractivity contribution in [1.29, 1.82) is 0 Å². The van der Waals surface area contributed by atoms with Gasteiger partial charge < -0.3 is 13.3 Å². The predicted octanol–water partition coefficient (Wildman–Crippen LogP) is 10.7. The van der Waals surface area contributed by atoms with Gasteiger partial charge in [0.25, 0.3) is 0 Å². The van der Waals surface area contributed by atoms with Gasteiger partial charge in [0.1, 0.15) is 17.3 Å². The Morgan fingerprint density at radius 3 is 0.972 bits per heavy atom. The first-order chi connectivity index (χ1) is 17.8. The summed E-state index contributed by atoms with van der Waals surface area (Å²) in [6.45, 7) is 0. The normalized spacial score (nSPS) is 11.3. The van der Waals surface area contributed by atoms with Crippen LogP contribution in [0.15, 0.2) is 119 Å². The molecule has 0 spiro atoms. The number of rotatable bonds is 6. The third-order valence-electron chi connectivity index (χ3n) is 6.21. The molecule has 7 aromatic rings. The van der Waals surface area contributed by atoms with E-state index in [0.717, 1.165) is 67.4 Å². The van der Waals surface area contributed by atoms with Crippen molar-refractivity contribution in [3.63, 3.8) is 0 Å². The summed E-state index contributed by atoms with van der Waals surface area (Å²) >= 11 is 5.05. The number of benzene rings is 1. The Balaban J connectivity index is 1.45. The van der Waals surface area contributed by atoms with Crippen molar-refractivity contribution in [2.75, 3.05) is 0 Å². The minimum absolute atomic E-state index is 0.872. The number of thiophene rings is 3. The molecule has 0 aliphatic rings. The van der Waals surface area contributed by atoms with Crippen LogP contribution >= 0.6 is 34.0 Å². The second kappa shape index (κ2) is 8.99. The van der Waals surface area contributed by atoms with E-state index < -0.39 is 0 Å². The van der Waals surface area contributed by atoms with Crippen LogP contribution in [-0.4, -0.2) is 0 Å². The Hall–Kier alpha value is -3.84. The molecule has 0 radical (unpaired) electrons. The average Bonchev–Trinajstić information content (AvgIpc) is 3.76. The first kappa shape index (κ1) is 21.4. The Bertz CT molecular complexity index is 1510. The summed E-state index contributed by atoms with van der Waals surface area (Å²) in [5.74, 6) is 2.62. The van der Waals surface area contributed by atoms with E-state index in [-0.39, 0.29) is 0 Å². The van der Waals surface area contributed by atoms with E-state index in [4.69, 9.17) is 13.3 Å². The molecule has 0 bridgehead atoms. The van der Waals surface area contributed by atoms with Gasteiger partial charge >= 0.3 is 0 Å². The van der Waals surface area contributed by atoms with E-state index in [0.29, 0.717) is 0 Å². The largest absolute Gasteiger partial charge is 0.464 e. The van der Waals surface area contributed by atoms with Crippen LogP contribution in [0.2, 0.25) is 0 Å². The zero-order chi connectivity index (χ0) is 23.9. The summed E-state index contributed by atoms with van der Waals surface area (Å²) < 4.78 is 17.3. The molecule has 6 heteroatoms. The molecule has 0 fully saturated rings. The van der Waals surface area contributed by atoms with Crippen LogP contribution in [0, 0.1) is 0 Å². The first-order valence-corrected chi connectivity index (χ1v) is 14.1. The van der Waals surface area contributed by atoms with Crippen molar-refractivity contribution < 1.29 is 13.3 Å². The van der Waals surface area contributed by atoms with Gasteiger partial charge in [0.15, 0.2) is 0 Å². The lowest BCUT2D eigenvalue weighted by Gasteiger charge is -2.12. The minimum Gasteiger partial charge on any atom is -0.464 e. The second-order valence-electron chi connectivity index (χ2n) is 8.33. The lowest BCUT2D eigenvalue weighted by molar-refractivity contribution is 0.582. The van der Waals surface area contributed by atoms with E-state index in [9.17, 15) is 0 Å². The predicted molar refractivity (Wildman–Crippen MR) is 149 cm³/mol. The Morgan fingerprint density at radius 1 is 0.389 bits per heavy atom. The van der Waals surface area contributed by atoms with Gasteiger partial charge in [0.05, 0.1) is 18.8 Å². The summed E-state index contributed by atoms with van der Waals surface area (Å²) in [5, 5.41) is 13.0. The van der Waals surface area contributed by atoms with Crippen molar-refractivity contribution in [1.82, 2.24) is 0 Å². The molecule has 0 N–H and O–H groups in total. The molecule has 36 heavy (non-hydrogen) atoms. The van der Waals surface area contributed by atoms with Gasteiger partial charge in [0.2, 0.25) is 0 Å². The van der Waals surface area contributed by atoms with Crippen molar-refractivity contribution in [3.8, 4) is 67.4 Å². The lowest BCUT2D eigenvalue weighted by atomic mass is 9.91. The molecule has 0 saturated heterocycles. The van der Waals surface area contributed by atoms with Crippen molar-refractivity contribution in [3.05, 3.63) is 106 Å². The minimum atomic E-state index is 0.872. The molecule has 0 aliphatic heterocycles. The molecule has 1 aromatic carbocycles. The third kappa shape index (κ3) is 3.71. The highest BCUT2D eigenvalue weighted by Gasteiger charge is 2.19. The van der Waals surface area contributed by atoms with Crippen LogP contribution in [0.25, 0.3) is 67.4 Å². The van der Waals surface area contributed by atoms with Gasteiger partial charge in [-0.1, -0.05) is 0 Å². The molecule has 0 saturated carbocycles. The van der Waals surface area contributed by atoms with E-state index in [1.807, 2.05) is 36.4 Å². The van der Waals surface area contributed by atoms with Gasteiger partial charge in [0, 0.05) is 49.5 Å². The fraction of sp³-hybridized carbons (Fsp3) is 0. The zero-order valence-electron chi connectivity index (χ0n) is 18.8. The highest BCUT2D eigenvalue weighted by molar-refractivity contribution is 7.09. The summed E-state index contributed by atoms with van der Waals surface area (Å²) in [7, 11) is 0. The van der Waals surface area contributed by atoms with E-state index in [2.05, 4.69) is 50.5 Å². The third-order valence-corrected chi connectivity index (χ3v) is 8.44. The highest BCUT2D eigenvalue weighted by atomic mass is 32.1. The zero-order valence-corrected chi connectivity index (χ0v) is 21.3. The van der Waals surface area contributed by atoms with Crippen molar-refractivity contribution >= 4 is 34.0 Å². The van der Waals surface area contributed by atoms with Gasteiger partial charge in [-0.05, 0) is 87.4 Å². The molecular weight excluding hydrogens is 505 g/mol. The maximum atomic E-state index is 5.77. The van der Waals surface area contributed by atoms with Crippen LogP contribution < -0.4 is 0 Å². The van der Waals surface area contributed by atoms with Gasteiger partial charge in [-0.3, -0.25) is 0 Å². The number of furan rings is 3. The van der Waals surface area contributed by atoms with Crippen molar-refractivity contribution in [2.45, 2.75) is 0 Å². The fourth-order valence-electron chi connectivity index (χ4n) is 4.52. The molecule has 7 rings (SSSR count). The van der Waals surface area contributed by atoms with Gasteiger partial charge in [-0.25, -0.2) is 0 Å². The fourth-order valence-corrected chi connectivity index (χ4v) is 7.06. The standard InChI is InChI=1S/C30H18O3S3/c1-4-28(31-7-1)25-16-34-13-22(25)19-10-20(23-14-35-17-26(23)29-5-2-8-32-29)12-21(11-19)24-15-36-18-27(24)30-6-3-9-33-30/h1-18H. The van der Waals surface area contributed by atoms with Crippen LogP contribution in [-0.2, 0) is 0 Å². The summed E-state index contributed by atoms with van der Waals surface area (Å²) in [6.07, 6.45) is 5.17. The summed E-state index contributed by atoms with van der Waals surface area (Å²) in [5.41, 5.74) is 10.2. The average molecular weight is 523 g/mol. The topological polar surface area (TPSA) is 39.4 Å². The van der Waals surface area contributed by atoms with Gasteiger partial charge in [-0.15, -0.1) is 0 Å². The quantitative estimate of drug-likeness (QED) is 0.218.